The molecular formula is C21H30ClN3O2. The summed E-state index contributed by atoms with van der Waals surface area (Å²) in [5, 5.41) is 9.45. The summed E-state index contributed by atoms with van der Waals surface area (Å²) in [6, 6.07) is 7.33. The fourth-order valence-corrected chi connectivity index (χ4v) is 3.52. The van der Waals surface area contributed by atoms with Crippen molar-refractivity contribution in [2.24, 2.45) is 11.8 Å². The van der Waals surface area contributed by atoms with Gasteiger partial charge in [0.1, 0.15) is 0 Å². The summed E-state index contributed by atoms with van der Waals surface area (Å²) in [5.74, 6) is 1.03. The summed E-state index contributed by atoms with van der Waals surface area (Å²) in [5.41, 5.74) is 1.92. The van der Waals surface area contributed by atoms with Gasteiger partial charge in [0.2, 0.25) is 5.91 Å². The molecule has 1 aliphatic rings. The zero-order valence-corrected chi connectivity index (χ0v) is 16.9. The lowest BCUT2D eigenvalue weighted by Gasteiger charge is -2.28. The minimum absolute atomic E-state index is 0.00557. The van der Waals surface area contributed by atoms with Gasteiger partial charge in [-0.25, -0.2) is 4.79 Å². The standard InChI is InChI=1S/C21H30ClN3O2/c1-15(2)11-20(26)23-12-16-7-9-17(10-8-16)13-24-21(27)25-14-18-5-3-4-6-19(18)22/h3-6,11,16-17H,7-10,12-14H2,1-2H3,(H,23,26)(H2,24,25,27). The molecule has 148 valence electrons. The van der Waals surface area contributed by atoms with Crippen molar-refractivity contribution in [3.05, 3.63) is 46.5 Å². The van der Waals surface area contributed by atoms with Crippen LogP contribution in [-0.4, -0.2) is 25.0 Å². The molecule has 0 heterocycles. The number of carbonyl (C=O) groups is 2. The molecule has 3 N–H and O–H groups in total. The van der Waals surface area contributed by atoms with Crippen molar-refractivity contribution in [2.45, 2.75) is 46.1 Å². The first kappa shape index (κ1) is 21.3. The van der Waals surface area contributed by atoms with Gasteiger partial charge in [0.25, 0.3) is 0 Å². The molecule has 1 fully saturated rings. The lowest BCUT2D eigenvalue weighted by molar-refractivity contribution is -0.116. The molecule has 0 saturated heterocycles. The van der Waals surface area contributed by atoms with E-state index in [2.05, 4.69) is 16.0 Å². The monoisotopic (exact) mass is 391 g/mol. The van der Waals surface area contributed by atoms with E-state index in [1.165, 1.54) is 0 Å². The molecule has 2 rings (SSSR count). The van der Waals surface area contributed by atoms with Crippen LogP contribution in [0.5, 0.6) is 0 Å². The van der Waals surface area contributed by atoms with Gasteiger partial charge in [0.05, 0.1) is 0 Å². The van der Waals surface area contributed by atoms with Crippen LogP contribution in [0.4, 0.5) is 4.79 Å². The van der Waals surface area contributed by atoms with E-state index in [0.717, 1.165) is 43.4 Å². The summed E-state index contributed by atoms with van der Waals surface area (Å²) in [4.78, 5) is 23.7. The van der Waals surface area contributed by atoms with Crippen molar-refractivity contribution in [1.82, 2.24) is 16.0 Å². The normalized spacial score (nSPS) is 19.1. The summed E-state index contributed by atoms with van der Waals surface area (Å²) in [6.07, 6.45) is 5.96. The van der Waals surface area contributed by atoms with Gasteiger partial charge in [-0.05, 0) is 63.0 Å². The molecule has 5 nitrogen and oxygen atoms in total. The highest BCUT2D eigenvalue weighted by molar-refractivity contribution is 6.31. The number of halogens is 1. The number of allylic oxidation sites excluding steroid dienone is 1. The first-order valence-corrected chi connectivity index (χ1v) is 9.99. The predicted molar refractivity (Wildman–Crippen MR) is 110 cm³/mol. The number of rotatable bonds is 7. The molecule has 1 aromatic carbocycles. The van der Waals surface area contributed by atoms with E-state index in [4.69, 9.17) is 11.6 Å². The highest BCUT2D eigenvalue weighted by atomic mass is 35.5. The minimum Gasteiger partial charge on any atom is -0.352 e. The minimum atomic E-state index is -0.161. The van der Waals surface area contributed by atoms with Crippen molar-refractivity contribution >= 4 is 23.5 Å². The topological polar surface area (TPSA) is 70.2 Å². The Morgan fingerprint density at radius 2 is 1.59 bits per heavy atom. The zero-order valence-electron chi connectivity index (χ0n) is 16.2. The van der Waals surface area contributed by atoms with E-state index < -0.39 is 0 Å². The Kier molecular flexibility index (Phi) is 8.65. The first-order valence-electron chi connectivity index (χ1n) is 9.62. The summed E-state index contributed by atoms with van der Waals surface area (Å²) >= 11 is 6.09. The van der Waals surface area contributed by atoms with Gasteiger partial charge in [-0.1, -0.05) is 35.4 Å². The smallest absolute Gasteiger partial charge is 0.315 e. The maximum atomic E-state index is 12.0. The van der Waals surface area contributed by atoms with E-state index in [1.807, 2.05) is 38.1 Å². The average Bonchev–Trinajstić information content (AvgIpc) is 2.64. The van der Waals surface area contributed by atoms with E-state index >= 15 is 0 Å². The van der Waals surface area contributed by atoms with E-state index in [1.54, 1.807) is 6.08 Å². The first-order chi connectivity index (χ1) is 12.9. The SMILES string of the molecule is CC(C)=CC(=O)NCC1CCC(CNC(=O)NCc2ccccc2Cl)CC1. The molecule has 0 bridgehead atoms. The van der Waals surface area contributed by atoms with Gasteiger partial charge in [0.15, 0.2) is 0 Å². The fraction of sp³-hybridized carbons (Fsp3) is 0.524. The molecule has 1 aromatic rings. The van der Waals surface area contributed by atoms with Crippen molar-refractivity contribution in [3.63, 3.8) is 0 Å². The Morgan fingerprint density at radius 1 is 1.00 bits per heavy atom. The molecule has 0 unspecified atom stereocenters. The second-order valence-corrected chi connectivity index (χ2v) is 7.92. The summed E-state index contributed by atoms with van der Waals surface area (Å²) < 4.78 is 0. The van der Waals surface area contributed by atoms with Crippen LogP contribution < -0.4 is 16.0 Å². The number of benzene rings is 1. The third-order valence-electron chi connectivity index (χ3n) is 4.90. The van der Waals surface area contributed by atoms with Gasteiger partial charge in [-0.15, -0.1) is 0 Å². The molecule has 3 amide bonds. The van der Waals surface area contributed by atoms with Crippen LogP contribution in [-0.2, 0) is 11.3 Å². The summed E-state index contributed by atoms with van der Waals surface area (Å²) in [6.45, 7) is 5.68. The van der Waals surface area contributed by atoms with Gasteiger partial charge < -0.3 is 16.0 Å². The molecule has 0 atom stereocenters. The molecule has 6 heteroatoms. The van der Waals surface area contributed by atoms with Crippen molar-refractivity contribution < 1.29 is 9.59 Å². The quantitative estimate of drug-likeness (QED) is 0.614. The second-order valence-electron chi connectivity index (χ2n) is 7.51. The number of amides is 3. The maximum Gasteiger partial charge on any atom is 0.315 e. The van der Waals surface area contributed by atoms with Gasteiger partial charge in [-0.2, -0.15) is 0 Å². The van der Waals surface area contributed by atoms with Crippen LogP contribution in [0.1, 0.15) is 45.1 Å². The number of urea groups is 1. The molecular weight excluding hydrogens is 362 g/mol. The van der Waals surface area contributed by atoms with Crippen molar-refractivity contribution in [3.8, 4) is 0 Å². The largest absolute Gasteiger partial charge is 0.352 e. The van der Waals surface area contributed by atoms with E-state index in [9.17, 15) is 9.59 Å². The van der Waals surface area contributed by atoms with Crippen molar-refractivity contribution in [2.75, 3.05) is 13.1 Å². The van der Waals surface area contributed by atoms with Crippen LogP contribution in [0.15, 0.2) is 35.9 Å². The van der Waals surface area contributed by atoms with Crippen LogP contribution >= 0.6 is 11.6 Å². The molecule has 1 aliphatic carbocycles. The molecule has 0 aliphatic heterocycles. The lowest BCUT2D eigenvalue weighted by Crippen LogP contribution is -2.39. The van der Waals surface area contributed by atoms with Gasteiger partial charge >= 0.3 is 6.03 Å². The average molecular weight is 392 g/mol. The third-order valence-corrected chi connectivity index (χ3v) is 5.27. The van der Waals surface area contributed by atoms with E-state index in [0.29, 0.717) is 29.9 Å². The Labute approximate surface area is 166 Å². The van der Waals surface area contributed by atoms with Crippen LogP contribution in [0.25, 0.3) is 0 Å². The fourth-order valence-electron chi connectivity index (χ4n) is 3.31. The number of hydrogen-bond acceptors (Lipinski definition) is 2. The second kappa shape index (κ2) is 11.0. The van der Waals surface area contributed by atoms with Crippen LogP contribution in [0.2, 0.25) is 5.02 Å². The molecule has 0 aromatic heterocycles. The predicted octanol–water partition coefficient (Wildman–Crippen LogP) is 4.03. The molecule has 27 heavy (non-hydrogen) atoms. The Bertz CT molecular complexity index is 663. The highest BCUT2D eigenvalue weighted by Crippen LogP contribution is 2.27. The Balaban J connectivity index is 1.60. The highest BCUT2D eigenvalue weighted by Gasteiger charge is 2.21. The third kappa shape index (κ3) is 8.04. The number of nitrogens with one attached hydrogen (secondary N) is 3. The number of hydrogen-bond donors (Lipinski definition) is 3. The van der Waals surface area contributed by atoms with Crippen molar-refractivity contribution in [1.29, 1.82) is 0 Å². The zero-order chi connectivity index (χ0) is 19.6. The maximum absolute atomic E-state index is 12.0. The Morgan fingerprint density at radius 3 is 2.19 bits per heavy atom. The summed E-state index contributed by atoms with van der Waals surface area (Å²) in [7, 11) is 0. The van der Waals surface area contributed by atoms with E-state index in [-0.39, 0.29) is 11.9 Å². The van der Waals surface area contributed by atoms with Gasteiger partial charge in [0, 0.05) is 30.7 Å². The molecule has 1 saturated carbocycles. The number of carbonyl (C=O) groups excluding carboxylic acids is 2. The van der Waals surface area contributed by atoms with Crippen LogP contribution in [0, 0.1) is 11.8 Å². The Hall–Kier alpha value is -2.01. The lowest BCUT2D eigenvalue weighted by atomic mass is 9.82. The van der Waals surface area contributed by atoms with Crippen LogP contribution in [0.3, 0.4) is 0 Å². The molecule has 0 spiro atoms. The molecule has 0 radical (unpaired) electrons. The van der Waals surface area contributed by atoms with Gasteiger partial charge in [-0.3, -0.25) is 4.79 Å².